The Bertz CT molecular complexity index is 833. The van der Waals surface area contributed by atoms with Crippen molar-refractivity contribution in [1.29, 1.82) is 0 Å². The van der Waals surface area contributed by atoms with E-state index < -0.39 is 23.8 Å². The summed E-state index contributed by atoms with van der Waals surface area (Å²) in [6.07, 6.45) is 6.71. The van der Waals surface area contributed by atoms with Crippen LogP contribution in [0.5, 0.6) is 0 Å². The minimum atomic E-state index is -0.713. The first-order chi connectivity index (χ1) is 13.5. The van der Waals surface area contributed by atoms with E-state index in [9.17, 15) is 9.59 Å². The molecule has 2 rings (SSSR count). The van der Waals surface area contributed by atoms with Crippen LogP contribution in [0.15, 0.2) is 78.0 Å². The van der Waals surface area contributed by atoms with Crippen molar-refractivity contribution in [1.82, 2.24) is 0 Å². The van der Waals surface area contributed by atoms with Crippen molar-refractivity contribution in [3.8, 4) is 0 Å². The van der Waals surface area contributed by atoms with Crippen LogP contribution in [0, 0.1) is 11.8 Å². The van der Waals surface area contributed by atoms with E-state index in [4.69, 9.17) is 9.47 Å². The summed E-state index contributed by atoms with van der Waals surface area (Å²) in [5.41, 5.74) is 2.43. The fourth-order valence-corrected chi connectivity index (χ4v) is 3.09. The predicted molar refractivity (Wildman–Crippen MR) is 111 cm³/mol. The Labute approximate surface area is 165 Å². The first kappa shape index (κ1) is 21.1. The lowest BCUT2D eigenvalue weighted by atomic mass is 9.79. The van der Waals surface area contributed by atoms with Gasteiger partial charge in [0, 0.05) is 17.3 Å². The van der Waals surface area contributed by atoms with Gasteiger partial charge in [-0.05, 0) is 19.4 Å². The molecule has 0 N–H and O–H groups in total. The van der Waals surface area contributed by atoms with E-state index in [1.165, 1.54) is 12.2 Å². The highest BCUT2D eigenvalue weighted by atomic mass is 16.5. The van der Waals surface area contributed by atoms with Crippen LogP contribution in [0.3, 0.4) is 0 Å². The maximum atomic E-state index is 12.7. The third kappa shape index (κ3) is 5.16. The summed E-state index contributed by atoms with van der Waals surface area (Å²) >= 11 is 0. The molecular weight excluding hydrogens is 354 g/mol. The van der Waals surface area contributed by atoms with Gasteiger partial charge in [0.15, 0.2) is 0 Å². The van der Waals surface area contributed by atoms with E-state index in [1.54, 1.807) is 13.8 Å². The van der Waals surface area contributed by atoms with Gasteiger partial charge in [-0.3, -0.25) is 9.79 Å². The molecule has 0 saturated heterocycles. The Morgan fingerprint density at radius 1 is 1.07 bits per heavy atom. The maximum absolute atomic E-state index is 12.7. The Hall–Kier alpha value is -3.21. The molecule has 1 aliphatic heterocycles. The summed E-state index contributed by atoms with van der Waals surface area (Å²) in [6.45, 7) is 10.8. The molecule has 0 radical (unpaired) electrons. The van der Waals surface area contributed by atoms with Crippen LogP contribution in [0.1, 0.15) is 19.4 Å². The van der Waals surface area contributed by atoms with Crippen LogP contribution < -0.4 is 0 Å². The molecule has 0 saturated carbocycles. The fraction of sp³-hybridized carbons (Fsp3) is 0.261. The molecule has 0 bridgehead atoms. The van der Waals surface area contributed by atoms with E-state index in [0.717, 1.165) is 5.56 Å². The molecule has 2 unspecified atom stereocenters. The molecule has 5 nitrogen and oxygen atoms in total. The van der Waals surface area contributed by atoms with Gasteiger partial charge >= 0.3 is 11.9 Å². The van der Waals surface area contributed by atoms with E-state index in [2.05, 4.69) is 18.2 Å². The van der Waals surface area contributed by atoms with Gasteiger partial charge in [0.25, 0.3) is 0 Å². The van der Waals surface area contributed by atoms with Crippen LogP contribution in [0.25, 0.3) is 6.08 Å². The Balaban J connectivity index is 2.45. The molecule has 1 aliphatic rings. The van der Waals surface area contributed by atoms with Gasteiger partial charge in [-0.2, -0.15) is 0 Å². The molecule has 5 heteroatoms. The molecule has 0 fully saturated rings. The van der Waals surface area contributed by atoms with Crippen molar-refractivity contribution in [2.45, 2.75) is 13.8 Å². The van der Waals surface area contributed by atoms with E-state index in [0.29, 0.717) is 17.0 Å². The third-order valence-corrected chi connectivity index (χ3v) is 4.32. The summed E-state index contributed by atoms with van der Waals surface area (Å²) in [7, 11) is 0. The highest BCUT2D eigenvalue weighted by molar-refractivity contribution is 6.06. The van der Waals surface area contributed by atoms with Crippen molar-refractivity contribution in [3.05, 3.63) is 78.6 Å². The van der Waals surface area contributed by atoms with E-state index in [-0.39, 0.29) is 13.2 Å². The van der Waals surface area contributed by atoms with Gasteiger partial charge in [-0.1, -0.05) is 67.8 Å². The lowest BCUT2D eigenvalue weighted by molar-refractivity contribution is -0.146. The summed E-state index contributed by atoms with van der Waals surface area (Å²) in [5, 5.41) is 0. The number of hydrogen-bond donors (Lipinski definition) is 0. The molecule has 28 heavy (non-hydrogen) atoms. The topological polar surface area (TPSA) is 65.0 Å². The lowest BCUT2D eigenvalue weighted by Crippen LogP contribution is -2.37. The summed E-state index contributed by atoms with van der Waals surface area (Å²) in [5.74, 6) is -2.23. The first-order valence-corrected chi connectivity index (χ1v) is 9.04. The molecule has 1 aromatic carbocycles. The molecule has 2 atom stereocenters. The average Bonchev–Trinajstić information content (AvgIpc) is 2.69. The molecule has 0 amide bonds. The number of allylic oxidation sites excluding steroid dienone is 2. The van der Waals surface area contributed by atoms with E-state index in [1.807, 2.05) is 42.5 Å². The second kappa shape index (κ2) is 10.2. The van der Waals surface area contributed by atoms with Crippen LogP contribution >= 0.6 is 0 Å². The number of rotatable bonds is 8. The minimum absolute atomic E-state index is 0.0823. The van der Waals surface area contributed by atoms with Crippen LogP contribution in [0.4, 0.5) is 0 Å². The predicted octanol–water partition coefficient (Wildman–Crippen LogP) is 4.14. The second-order valence-corrected chi connectivity index (χ2v) is 6.33. The van der Waals surface area contributed by atoms with Gasteiger partial charge < -0.3 is 9.47 Å². The van der Waals surface area contributed by atoms with Crippen molar-refractivity contribution in [3.63, 3.8) is 0 Å². The maximum Gasteiger partial charge on any atom is 0.336 e. The van der Waals surface area contributed by atoms with Gasteiger partial charge in [-0.25, -0.2) is 4.79 Å². The van der Waals surface area contributed by atoms with Crippen molar-refractivity contribution < 1.29 is 19.1 Å². The fourth-order valence-electron chi connectivity index (χ4n) is 3.09. The average molecular weight is 379 g/mol. The smallest absolute Gasteiger partial charge is 0.336 e. The zero-order valence-electron chi connectivity index (χ0n) is 16.3. The SMILES string of the molecule is C=CCOC(=O)C1=C(C)N=C(C)C(C(=O)OCC=C)C1/C=C/c1ccccc1. The number of ether oxygens (including phenoxy) is 2. The van der Waals surface area contributed by atoms with Crippen molar-refractivity contribution >= 4 is 23.7 Å². The Morgan fingerprint density at radius 3 is 2.36 bits per heavy atom. The zero-order valence-corrected chi connectivity index (χ0v) is 16.3. The molecule has 146 valence electrons. The third-order valence-electron chi connectivity index (χ3n) is 4.32. The molecule has 0 aliphatic carbocycles. The number of carbonyl (C=O) groups is 2. The summed E-state index contributed by atoms with van der Waals surface area (Å²) in [4.78, 5) is 29.8. The normalized spacial score (nSPS) is 19.1. The largest absolute Gasteiger partial charge is 0.461 e. The number of benzene rings is 1. The summed E-state index contributed by atoms with van der Waals surface area (Å²) < 4.78 is 10.5. The van der Waals surface area contributed by atoms with Crippen LogP contribution in [0.2, 0.25) is 0 Å². The molecule has 0 aromatic heterocycles. The second-order valence-electron chi connectivity index (χ2n) is 6.33. The molecule has 1 aromatic rings. The van der Waals surface area contributed by atoms with Crippen LogP contribution in [-0.4, -0.2) is 30.9 Å². The molecule has 1 heterocycles. The standard InChI is InChI=1S/C23H25NO4/c1-5-14-27-22(25)20-16(3)24-17(4)21(23(26)28-15-6-2)19(20)13-12-18-10-8-7-9-11-18/h5-13,19-20H,1-2,14-15H2,3-4H3/b13-12+. The minimum Gasteiger partial charge on any atom is -0.461 e. The molecular formula is C23H25NO4. The van der Waals surface area contributed by atoms with Gasteiger partial charge in [0.05, 0.1) is 5.57 Å². The summed E-state index contributed by atoms with van der Waals surface area (Å²) in [6, 6.07) is 9.65. The first-order valence-electron chi connectivity index (χ1n) is 9.04. The zero-order chi connectivity index (χ0) is 20.5. The number of nitrogens with zero attached hydrogens (tertiary/aromatic N) is 1. The quantitative estimate of drug-likeness (QED) is 0.503. The van der Waals surface area contributed by atoms with Gasteiger partial charge in [-0.15, -0.1) is 0 Å². The Morgan fingerprint density at radius 2 is 1.71 bits per heavy atom. The number of carbonyl (C=O) groups excluding carboxylic acids is 2. The number of aliphatic imine (C=N–C) groups is 1. The van der Waals surface area contributed by atoms with Crippen molar-refractivity contribution in [2.75, 3.05) is 13.2 Å². The van der Waals surface area contributed by atoms with E-state index >= 15 is 0 Å². The highest BCUT2D eigenvalue weighted by Crippen LogP contribution is 2.34. The van der Waals surface area contributed by atoms with Gasteiger partial charge in [0.2, 0.25) is 0 Å². The monoisotopic (exact) mass is 379 g/mol. The lowest BCUT2D eigenvalue weighted by Gasteiger charge is -2.29. The van der Waals surface area contributed by atoms with Crippen molar-refractivity contribution in [2.24, 2.45) is 16.8 Å². The van der Waals surface area contributed by atoms with Gasteiger partial charge in [0.1, 0.15) is 19.1 Å². The highest BCUT2D eigenvalue weighted by Gasteiger charge is 2.40. The van der Waals surface area contributed by atoms with Crippen LogP contribution in [-0.2, 0) is 19.1 Å². The number of esters is 2. The molecule has 0 spiro atoms. The Kier molecular flexibility index (Phi) is 7.69. The number of hydrogen-bond acceptors (Lipinski definition) is 5.